The molecular weight excluding hydrogens is 519 g/mol. The highest BCUT2D eigenvalue weighted by atomic mass is 35.5. The molecule has 4 nitrogen and oxygen atoms in total. The molecule has 2 N–H and O–H groups in total. The number of halogens is 7. The highest BCUT2D eigenvalue weighted by Gasteiger charge is 2.67. The van der Waals surface area contributed by atoms with Gasteiger partial charge in [0.1, 0.15) is 27.6 Å². The summed E-state index contributed by atoms with van der Waals surface area (Å²) in [7, 11) is 0. The van der Waals surface area contributed by atoms with E-state index in [-0.39, 0.29) is 27.5 Å². The highest BCUT2D eigenvalue weighted by molar-refractivity contribution is 6.53. The quantitative estimate of drug-likeness (QED) is 0.285. The van der Waals surface area contributed by atoms with Crippen LogP contribution in [0.3, 0.4) is 0 Å². The number of hydrogen-bond acceptors (Lipinski definition) is 2. The summed E-state index contributed by atoms with van der Waals surface area (Å²) in [6.45, 7) is 0. The first-order chi connectivity index (χ1) is 16.0. The van der Waals surface area contributed by atoms with Crippen LogP contribution < -0.4 is 10.6 Å². The minimum Gasteiger partial charge on any atom is -0.326 e. The van der Waals surface area contributed by atoms with E-state index >= 15 is 0 Å². The zero-order chi connectivity index (χ0) is 24.8. The zero-order valence-corrected chi connectivity index (χ0v) is 19.1. The Morgan fingerprint density at radius 2 is 1.50 bits per heavy atom. The second kappa shape index (κ2) is 9.09. The number of anilines is 2. The van der Waals surface area contributed by atoms with Crippen molar-refractivity contribution >= 4 is 58.0 Å². The summed E-state index contributed by atoms with van der Waals surface area (Å²) in [5.74, 6) is -6.83. The second-order valence-electron chi connectivity index (χ2n) is 7.59. The van der Waals surface area contributed by atoms with Crippen molar-refractivity contribution in [3.63, 3.8) is 0 Å². The largest absolute Gasteiger partial charge is 0.326 e. The molecule has 176 valence electrons. The molecule has 0 unspecified atom stereocenters. The molecule has 11 heteroatoms. The molecule has 4 rings (SSSR count). The van der Waals surface area contributed by atoms with Crippen molar-refractivity contribution in [1.82, 2.24) is 0 Å². The van der Waals surface area contributed by atoms with Gasteiger partial charge in [-0.1, -0.05) is 11.6 Å². The van der Waals surface area contributed by atoms with E-state index in [0.717, 1.165) is 24.3 Å². The molecule has 0 saturated heterocycles. The van der Waals surface area contributed by atoms with Crippen LogP contribution in [0.15, 0.2) is 54.6 Å². The maximum absolute atomic E-state index is 13.9. The van der Waals surface area contributed by atoms with Gasteiger partial charge in [0.2, 0.25) is 5.91 Å². The molecule has 0 spiro atoms. The lowest BCUT2D eigenvalue weighted by Crippen LogP contribution is -2.18. The van der Waals surface area contributed by atoms with Gasteiger partial charge in [-0.15, -0.1) is 23.2 Å². The van der Waals surface area contributed by atoms with Gasteiger partial charge in [0, 0.05) is 23.7 Å². The van der Waals surface area contributed by atoms with Crippen molar-refractivity contribution in [2.45, 2.75) is 10.3 Å². The SMILES string of the molecule is O=C(Nc1ccc(F)cc1F)c1cc(NC(=O)[C@H]2[C@H](c3cc(F)cc(F)c3)C2(Cl)Cl)ccc1Cl. The van der Waals surface area contributed by atoms with Crippen molar-refractivity contribution in [1.29, 1.82) is 0 Å². The molecule has 0 aromatic heterocycles. The molecular formula is C23H13Cl3F4N2O2. The van der Waals surface area contributed by atoms with E-state index in [1.165, 1.54) is 18.2 Å². The molecule has 0 radical (unpaired) electrons. The van der Waals surface area contributed by atoms with Crippen LogP contribution in [-0.4, -0.2) is 16.1 Å². The molecule has 2 amide bonds. The molecule has 1 aliphatic rings. The minimum absolute atomic E-state index is 0.00147. The van der Waals surface area contributed by atoms with Gasteiger partial charge in [0.15, 0.2) is 0 Å². The highest BCUT2D eigenvalue weighted by Crippen LogP contribution is 2.65. The number of carbonyl (C=O) groups is 2. The Labute approximate surface area is 205 Å². The van der Waals surface area contributed by atoms with Crippen LogP contribution in [0.5, 0.6) is 0 Å². The van der Waals surface area contributed by atoms with Gasteiger partial charge in [-0.2, -0.15) is 0 Å². The molecule has 1 fully saturated rings. The normalized spacial score (nSPS) is 18.3. The maximum Gasteiger partial charge on any atom is 0.257 e. The number of benzene rings is 3. The van der Waals surface area contributed by atoms with E-state index in [1.807, 2.05) is 0 Å². The number of rotatable bonds is 5. The fraction of sp³-hybridized carbons (Fsp3) is 0.130. The molecule has 2 atom stereocenters. The van der Waals surface area contributed by atoms with Gasteiger partial charge in [-0.3, -0.25) is 9.59 Å². The topological polar surface area (TPSA) is 58.2 Å². The molecule has 0 aliphatic heterocycles. The standard InChI is InChI=1S/C23H13Cl3F4N2O2/c24-16-3-2-14(9-15(16)21(33)32-18-4-1-11(27)8-17(18)30)31-22(34)20-19(23(20,25)26)10-5-12(28)7-13(29)6-10/h1-9,19-20H,(H,31,34)(H,32,33)/t19-,20+/m0/s1. The Balaban J connectivity index is 1.52. The minimum atomic E-state index is -1.60. The van der Waals surface area contributed by atoms with Crippen LogP contribution in [0.2, 0.25) is 5.02 Å². The van der Waals surface area contributed by atoms with Crippen LogP contribution in [0, 0.1) is 29.2 Å². The lowest BCUT2D eigenvalue weighted by atomic mass is 10.1. The van der Waals surface area contributed by atoms with Crippen LogP contribution >= 0.6 is 34.8 Å². The number of alkyl halides is 2. The summed E-state index contributed by atoms with van der Waals surface area (Å²) in [6.07, 6.45) is 0. The number of amides is 2. The third-order valence-corrected chi connectivity index (χ3v) is 6.51. The van der Waals surface area contributed by atoms with Crippen molar-refractivity contribution in [3.05, 3.63) is 94.0 Å². The van der Waals surface area contributed by atoms with Gasteiger partial charge < -0.3 is 10.6 Å². The molecule has 1 aliphatic carbocycles. The third-order valence-electron chi connectivity index (χ3n) is 5.24. The Hall–Kier alpha value is -2.81. The summed E-state index contributed by atoms with van der Waals surface area (Å²) < 4.78 is 52.5. The predicted molar refractivity (Wildman–Crippen MR) is 121 cm³/mol. The summed E-state index contributed by atoms with van der Waals surface area (Å²) in [6, 6.07) is 9.36. The van der Waals surface area contributed by atoms with E-state index < -0.39 is 51.3 Å². The Bertz CT molecular complexity index is 1300. The lowest BCUT2D eigenvalue weighted by molar-refractivity contribution is -0.117. The summed E-state index contributed by atoms with van der Waals surface area (Å²) in [5.41, 5.74) is -0.112. The fourth-order valence-corrected chi connectivity index (χ4v) is 4.63. The molecule has 1 saturated carbocycles. The summed E-state index contributed by atoms with van der Waals surface area (Å²) in [5, 5.41) is 4.81. The zero-order valence-electron chi connectivity index (χ0n) is 16.8. The first-order valence-electron chi connectivity index (χ1n) is 9.68. The van der Waals surface area contributed by atoms with Crippen LogP contribution in [0.1, 0.15) is 21.8 Å². The third kappa shape index (κ3) is 4.85. The number of hydrogen-bond donors (Lipinski definition) is 2. The van der Waals surface area contributed by atoms with E-state index in [4.69, 9.17) is 34.8 Å². The first kappa shape index (κ1) is 24.3. The van der Waals surface area contributed by atoms with E-state index in [0.29, 0.717) is 12.1 Å². The Morgan fingerprint density at radius 3 is 2.15 bits per heavy atom. The number of nitrogens with one attached hydrogen (secondary N) is 2. The van der Waals surface area contributed by atoms with E-state index in [2.05, 4.69) is 10.6 Å². The van der Waals surface area contributed by atoms with Crippen molar-refractivity contribution in [3.8, 4) is 0 Å². The smallest absolute Gasteiger partial charge is 0.257 e. The Kier molecular flexibility index (Phi) is 6.50. The fourth-order valence-electron chi connectivity index (χ4n) is 3.60. The average Bonchev–Trinajstić information content (AvgIpc) is 3.33. The molecule has 3 aromatic carbocycles. The maximum atomic E-state index is 13.9. The second-order valence-corrected chi connectivity index (χ2v) is 9.45. The predicted octanol–water partition coefficient (Wildman–Crippen LogP) is 6.67. The van der Waals surface area contributed by atoms with Gasteiger partial charge in [0.05, 0.1) is 22.2 Å². The summed E-state index contributed by atoms with van der Waals surface area (Å²) in [4.78, 5) is 25.4. The van der Waals surface area contributed by atoms with Gasteiger partial charge in [0.25, 0.3) is 5.91 Å². The molecule has 3 aromatic rings. The van der Waals surface area contributed by atoms with Gasteiger partial charge in [-0.25, -0.2) is 17.6 Å². The molecule has 0 bridgehead atoms. The summed E-state index contributed by atoms with van der Waals surface area (Å²) >= 11 is 18.5. The first-order valence-corrected chi connectivity index (χ1v) is 10.8. The monoisotopic (exact) mass is 530 g/mol. The lowest BCUT2D eigenvalue weighted by Gasteiger charge is -2.11. The Morgan fingerprint density at radius 1 is 0.824 bits per heavy atom. The van der Waals surface area contributed by atoms with Crippen molar-refractivity contribution in [2.75, 3.05) is 10.6 Å². The average molecular weight is 532 g/mol. The van der Waals surface area contributed by atoms with Crippen LogP contribution in [0.25, 0.3) is 0 Å². The van der Waals surface area contributed by atoms with Crippen molar-refractivity contribution in [2.24, 2.45) is 5.92 Å². The van der Waals surface area contributed by atoms with Crippen LogP contribution in [-0.2, 0) is 4.79 Å². The van der Waals surface area contributed by atoms with E-state index in [9.17, 15) is 27.2 Å². The van der Waals surface area contributed by atoms with E-state index in [1.54, 1.807) is 0 Å². The van der Waals surface area contributed by atoms with Gasteiger partial charge >= 0.3 is 0 Å². The van der Waals surface area contributed by atoms with Crippen LogP contribution in [0.4, 0.5) is 28.9 Å². The molecule has 34 heavy (non-hydrogen) atoms. The molecule has 0 heterocycles. The van der Waals surface area contributed by atoms with Gasteiger partial charge in [-0.05, 0) is 48.0 Å². The number of carbonyl (C=O) groups excluding carboxylic acids is 2. The van der Waals surface area contributed by atoms with Crippen molar-refractivity contribution < 1.29 is 27.2 Å².